The summed E-state index contributed by atoms with van der Waals surface area (Å²) in [7, 11) is 0. The molecule has 0 aliphatic heterocycles. The van der Waals surface area contributed by atoms with Crippen molar-refractivity contribution in [3.63, 3.8) is 0 Å². The van der Waals surface area contributed by atoms with Crippen molar-refractivity contribution in [1.29, 1.82) is 5.26 Å². The highest BCUT2D eigenvalue weighted by Gasteiger charge is 2.36. The third-order valence-corrected chi connectivity index (χ3v) is 2.71. The minimum absolute atomic E-state index is 0.00904. The Bertz CT molecular complexity index is 423. The van der Waals surface area contributed by atoms with E-state index in [1.807, 2.05) is 0 Å². The second-order valence-electron chi connectivity index (χ2n) is 2.72. The predicted octanol–water partition coefficient (Wildman–Crippen LogP) is 2.67. The number of benzene rings is 1. The summed E-state index contributed by atoms with van der Waals surface area (Å²) in [5.41, 5.74) is -1.49. The van der Waals surface area contributed by atoms with Crippen LogP contribution in [0.25, 0.3) is 0 Å². The highest BCUT2D eigenvalue weighted by atomic mass is 127. The summed E-state index contributed by atoms with van der Waals surface area (Å²) in [5, 5.41) is 17.5. The third-order valence-electron chi connectivity index (χ3n) is 1.81. The van der Waals surface area contributed by atoms with Crippen molar-refractivity contribution in [3.05, 3.63) is 32.4 Å². The molecule has 0 bridgehead atoms. The summed E-state index contributed by atoms with van der Waals surface area (Å²) in [5.74, 6) is 0. The average Bonchev–Trinajstić information content (AvgIpc) is 2.15. The topological polar surface area (TPSA) is 44.0 Å². The number of halogens is 4. The fraction of sp³-hybridized carbons (Fsp3) is 0.222. The van der Waals surface area contributed by atoms with Crippen LogP contribution in [0, 0.1) is 14.9 Å². The lowest BCUT2D eigenvalue weighted by atomic mass is 10.0. The lowest BCUT2D eigenvalue weighted by Gasteiger charge is -2.13. The summed E-state index contributed by atoms with van der Waals surface area (Å²) >= 11 is 1.51. The maximum Gasteiger partial charge on any atom is 0.418 e. The van der Waals surface area contributed by atoms with Crippen LogP contribution in [0.3, 0.4) is 0 Å². The Balaban J connectivity index is 3.55. The first-order valence-electron chi connectivity index (χ1n) is 3.81. The molecule has 6 heteroatoms. The van der Waals surface area contributed by atoms with Gasteiger partial charge in [-0.2, -0.15) is 18.4 Å². The molecule has 0 heterocycles. The predicted molar refractivity (Wildman–Crippen MR) is 54.8 cm³/mol. The Hall–Kier alpha value is -0.810. The molecule has 0 saturated heterocycles. The number of nitrogens with zero attached hydrogens (tertiary/aromatic N) is 1. The van der Waals surface area contributed by atoms with E-state index in [2.05, 4.69) is 0 Å². The fourth-order valence-corrected chi connectivity index (χ4v) is 1.91. The molecular weight excluding hydrogens is 322 g/mol. The number of hydrogen-bond acceptors (Lipinski definition) is 2. The molecule has 1 aromatic carbocycles. The molecule has 15 heavy (non-hydrogen) atoms. The van der Waals surface area contributed by atoms with Crippen LogP contribution in [0.2, 0.25) is 0 Å². The molecule has 0 fully saturated rings. The van der Waals surface area contributed by atoms with Crippen LogP contribution < -0.4 is 0 Å². The van der Waals surface area contributed by atoms with Crippen LogP contribution in [0.1, 0.15) is 16.7 Å². The molecule has 0 aliphatic carbocycles. The van der Waals surface area contributed by atoms with Crippen LogP contribution >= 0.6 is 22.6 Å². The lowest BCUT2D eigenvalue weighted by Crippen LogP contribution is -2.12. The maximum absolute atomic E-state index is 12.6. The van der Waals surface area contributed by atoms with Crippen molar-refractivity contribution in [3.8, 4) is 6.07 Å². The summed E-state index contributed by atoms with van der Waals surface area (Å²) < 4.78 is 37.7. The van der Waals surface area contributed by atoms with Gasteiger partial charge in [0.05, 0.1) is 17.7 Å². The van der Waals surface area contributed by atoms with E-state index in [0.717, 1.165) is 0 Å². The second kappa shape index (κ2) is 4.37. The van der Waals surface area contributed by atoms with Gasteiger partial charge in [-0.15, -0.1) is 0 Å². The molecule has 0 aliphatic rings. The molecular formula is C9H5F3INO. The minimum atomic E-state index is -4.58. The van der Waals surface area contributed by atoms with Gasteiger partial charge in [-0.05, 0) is 34.2 Å². The molecule has 0 unspecified atom stereocenters. The number of alkyl halides is 3. The molecule has 80 valence electrons. The van der Waals surface area contributed by atoms with Gasteiger partial charge in [0.2, 0.25) is 0 Å². The van der Waals surface area contributed by atoms with E-state index in [-0.39, 0.29) is 9.13 Å². The van der Waals surface area contributed by atoms with Crippen molar-refractivity contribution in [2.24, 2.45) is 0 Å². The van der Waals surface area contributed by atoms with Crippen molar-refractivity contribution >= 4 is 22.6 Å². The van der Waals surface area contributed by atoms with Gasteiger partial charge in [0.15, 0.2) is 0 Å². The quantitative estimate of drug-likeness (QED) is 0.806. The second-order valence-corrected chi connectivity index (χ2v) is 3.89. The Morgan fingerprint density at radius 2 is 2.00 bits per heavy atom. The summed E-state index contributed by atoms with van der Waals surface area (Å²) in [6.07, 6.45) is -4.58. The Morgan fingerprint density at radius 3 is 2.40 bits per heavy atom. The zero-order valence-corrected chi connectivity index (χ0v) is 9.43. The van der Waals surface area contributed by atoms with E-state index in [9.17, 15) is 13.2 Å². The zero-order valence-electron chi connectivity index (χ0n) is 7.27. The maximum atomic E-state index is 12.6. The van der Waals surface area contributed by atoms with Crippen molar-refractivity contribution in [2.45, 2.75) is 12.8 Å². The number of nitriles is 1. The van der Waals surface area contributed by atoms with Crippen LogP contribution in [0.15, 0.2) is 12.1 Å². The normalized spacial score (nSPS) is 11.2. The average molecular weight is 327 g/mol. The van der Waals surface area contributed by atoms with Crippen LogP contribution in [-0.2, 0) is 12.8 Å². The van der Waals surface area contributed by atoms with Gasteiger partial charge in [-0.1, -0.05) is 6.07 Å². The van der Waals surface area contributed by atoms with Gasteiger partial charge in [0.1, 0.15) is 6.07 Å². The van der Waals surface area contributed by atoms with Gasteiger partial charge in [-0.3, -0.25) is 0 Å². The number of rotatable bonds is 1. The fourth-order valence-electron chi connectivity index (χ4n) is 1.16. The molecule has 0 radical (unpaired) electrons. The Labute approximate surface area is 97.5 Å². The van der Waals surface area contributed by atoms with E-state index >= 15 is 0 Å². The molecule has 0 atom stereocenters. The summed E-state index contributed by atoms with van der Waals surface area (Å²) in [4.78, 5) is 0. The molecule has 2 nitrogen and oxygen atoms in total. The first kappa shape index (κ1) is 12.3. The van der Waals surface area contributed by atoms with E-state index in [4.69, 9.17) is 10.4 Å². The smallest absolute Gasteiger partial charge is 0.392 e. The van der Waals surface area contributed by atoms with Crippen molar-refractivity contribution < 1.29 is 18.3 Å². The molecule has 0 aromatic heterocycles. The lowest BCUT2D eigenvalue weighted by molar-refractivity contribution is -0.138. The highest BCUT2D eigenvalue weighted by Crippen LogP contribution is 2.36. The first-order valence-corrected chi connectivity index (χ1v) is 4.89. The standard InChI is InChI=1S/C9H5F3INO/c10-9(11,12)8-6(3-14)5(4-15)1-2-7(8)13/h1-2,15H,4H2. The number of aliphatic hydroxyl groups excluding tert-OH is 1. The molecule has 1 N–H and O–H groups in total. The van der Waals surface area contributed by atoms with Crippen LogP contribution in [0.5, 0.6) is 0 Å². The molecule has 1 rings (SSSR count). The van der Waals surface area contributed by atoms with Gasteiger partial charge < -0.3 is 5.11 Å². The largest absolute Gasteiger partial charge is 0.418 e. The van der Waals surface area contributed by atoms with Crippen molar-refractivity contribution in [1.82, 2.24) is 0 Å². The zero-order chi connectivity index (χ0) is 11.6. The molecule has 0 amide bonds. The summed E-state index contributed by atoms with van der Waals surface area (Å²) in [6.45, 7) is -0.580. The Kier molecular flexibility index (Phi) is 3.57. The Morgan fingerprint density at radius 1 is 1.40 bits per heavy atom. The highest BCUT2D eigenvalue weighted by molar-refractivity contribution is 14.1. The monoisotopic (exact) mass is 327 g/mol. The SMILES string of the molecule is N#Cc1c(CO)ccc(I)c1C(F)(F)F. The first-order chi connectivity index (χ1) is 6.91. The number of aliphatic hydroxyl groups is 1. The molecule has 0 saturated carbocycles. The van der Waals surface area contributed by atoms with E-state index < -0.39 is 23.9 Å². The van der Waals surface area contributed by atoms with Gasteiger partial charge in [0.25, 0.3) is 0 Å². The van der Waals surface area contributed by atoms with Gasteiger partial charge >= 0.3 is 6.18 Å². The van der Waals surface area contributed by atoms with Gasteiger partial charge in [-0.25, -0.2) is 0 Å². The van der Waals surface area contributed by atoms with E-state index in [1.165, 1.54) is 40.8 Å². The minimum Gasteiger partial charge on any atom is -0.392 e. The van der Waals surface area contributed by atoms with Gasteiger partial charge in [0, 0.05) is 3.57 Å². The van der Waals surface area contributed by atoms with E-state index in [0.29, 0.717) is 0 Å². The third kappa shape index (κ3) is 2.41. The molecule has 1 aromatic rings. The molecule has 0 spiro atoms. The van der Waals surface area contributed by atoms with Crippen LogP contribution in [-0.4, -0.2) is 5.11 Å². The van der Waals surface area contributed by atoms with Crippen LogP contribution in [0.4, 0.5) is 13.2 Å². The van der Waals surface area contributed by atoms with E-state index in [1.54, 1.807) is 0 Å². The summed E-state index contributed by atoms with van der Waals surface area (Å²) in [6, 6.07) is 4.02. The van der Waals surface area contributed by atoms with Crippen molar-refractivity contribution in [2.75, 3.05) is 0 Å². The number of hydrogen-bond donors (Lipinski definition) is 1.